The zero-order valence-corrected chi connectivity index (χ0v) is 8.06. The van der Waals surface area contributed by atoms with Gasteiger partial charge in [-0.1, -0.05) is 0 Å². The average molecular weight is 198 g/mol. The number of ether oxygens (including phenoxy) is 1. The van der Waals surface area contributed by atoms with Gasteiger partial charge < -0.3 is 19.7 Å². The van der Waals surface area contributed by atoms with E-state index in [2.05, 4.69) is 10.1 Å². The molecule has 0 radical (unpaired) electrons. The van der Waals surface area contributed by atoms with Gasteiger partial charge in [0, 0.05) is 26.0 Å². The number of aliphatic hydroxyl groups is 1. The van der Waals surface area contributed by atoms with Crippen LogP contribution >= 0.6 is 0 Å². The minimum absolute atomic E-state index is 0.0284. The summed E-state index contributed by atoms with van der Waals surface area (Å²) in [6.07, 6.45) is 3.30. The number of hydrogen-bond donors (Lipinski definition) is 2. The number of hydrogen-bond acceptors (Lipinski definition) is 3. The third kappa shape index (κ3) is 3.49. The molecular formula is C9H14N2O3. The maximum atomic E-state index is 10.9. The molecule has 1 aromatic rings. The zero-order valence-electron chi connectivity index (χ0n) is 8.06. The molecule has 0 aromatic carbocycles. The van der Waals surface area contributed by atoms with E-state index < -0.39 is 6.09 Å². The largest absolute Gasteiger partial charge is 0.447 e. The normalized spacial score (nSPS) is 9.86. The van der Waals surface area contributed by atoms with E-state index in [-0.39, 0.29) is 13.2 Å². The maximum absolute atomic E-state index is 10.9. The molecule has 0 aliphatic carbocycles. The van der Waals surface area contributed by atoms with Gasteiger partial charge in [0.2, 0.25) is 0 Å². The Morgan fingerprint density at radius 1 is 1.71 bits per heavy atom. The van der Waals surface area contributed by atoms with Crippen molar-refractivity contribution >= 4 is 6.09 Å². The highest BCUT2D eigenvalue weighted by molar-refractivity contribution is 5.67. The minimum Gasteiger partial charge on any atom is -0.447 e. The van der Waals surface area contributed by atoms with Crippen molar-refractivity contribution in [2.45, 2.75) is 6.54 Å². The number of aromatic nitrogens is 1. The van der Waals surface area contributed by atoms with Crippen molar-refractivity contribution in [2.24, 2.45) is 7.05 Å². The molecule has 0 saturated carbocycles. The van der Waals surface area contributed by atoms with Crippen molar-refractivity contribution in [3.05, 3.63) is 24.0 Å². The van der Waals surface area contributed by atoms with Gasteiger partial charge in [0.25, 0.3) is 0 Å². The predicted octanol–water partition coefficient (Wildman–Crippen LogP) is 0.244. The van der Waals surface area contributed by atoms with Crippen LogP contribution < -0.4 is 5.32 Å². The lowest BCUT2D eigenvalue weighted by molar-refractivity contribution is 0.119. The fourth-order valence-electron chi connectivity index (χ4n) is 1.03. The summed E-state index contributed by atoms with van der Waals surface area (Å²) in [5.41, 5.74) is 1.01. The van der Waals surface area contributed by atoms with E-state index in [0.717, 1.165) is 5.56 Å². The molecule has 0 aliphatic rings. The second-order valence-corrected chi connectivity index (χ2v) is 2.90. The van der Waals surface area contributed by atoms with Crippen LogP contribution in [0, 0.1) is 0 Å². The molecule has 5 heteroatoms. The molecule has 0 bridgehead atoms. The fraction of sp³-hybridized carbons (Fsp3) is 0.444. The minimum atomic E-state index is -0.511. The number of aryl methyl sites for hydroxylation is 1. The van der Waals surface area contributed by atoms with Gasteiger partial charge in [-0.05, 0) is 11.6 Å². The maximum Gasteiger partial charge on any atom is 0.407 e. The van der Waals surface area contributed by atoms with E-state index in [0.29, 0.717) is 6.54 Å². The SMILES string of the molecule is Cn1ccc(CNC(=O)OCCO)c1. The lowest BCUT2D eigenvalue weighted by Gasteiger charge is -2.03. The van der Waals surface area contributed by atoms with E-state index in [1.165, 1.54) is 0 Å². The van der Waals surface area contributed by atoms with Crippen LogP contribution in [0.1, 0.15) is 5.56 Å². The highest BCUT2D eigenvalue weighted by atomic mass is 16.6. The number of carbonyl (C=O) groups is 1. The number of amides is 1. The summed E-state index contributed by atoms with van der Waals surface area (Å²) in [5.74, 6) is 0. The lowest BCUT2D eigenvalue weighted by Crippen LogP contribution is -2.24. The first-order chi connectivity index (χ1) is 6.72. The van der Waals surface area contributed by atoms with Gasteiger partial charge >= 0.3 is 6.09 Å². The van der Waals surface area contributed by atoms with Crippen LogP contribution in [0.2, 0.25) is 0 Å². The van der Waals surface area contributed by atoms with Gasteiger partial charge in [-0.15, -0.1) is 0 Å². The molecular weight excluding hydrogens is 184 g/mol. The van der Waals surface area contributed by atoms with E-state index >= 15 is 0 Å². The van der Waals surface area contributed by atoms with Crippen molar-refractivity contribution in [1.29, 1.82) is 0 Å². The summed E-state index contributed by atoms with van der Waals surface area (Å²) in [7, 11) is 1.91. The molecule has 0 saturated heterocycles. The van der Waals surface area contributed by atoms with E-state index in [1.54, 1.807) is 0 Å². The number of nitrogens with zero attached hydrogens (tertiary/aromatic N) is 1. The summed E-state index contributed by atoms with van der Waals surface area (Å²) in [4.78, 5) is 10.9. The van der Waals surface area contributed by atoms with Crippen LogP contribution in [0.3, 0.4) is 0 Å². The second-order valence-electron chi connectivity index (χ2n) is 2.90. The van der Waals surface area contributed by atoms with Gasteiger partial charge in [0.05, 0.1) is 6.61 Å². The fourth-order valence-corrected chi connectivity index (χ4v) is 1.03. The Morgan fingerprint density at radius 3 is 3.07 bits per heavy atom. The topological polar surface area (TPSA) is 63.5 Å². The third-order valence-corrected chi connectivity index (χ3v) is 1.65. The molecule has 5 nitrogen and oxygen atoms in total. The van der Waals surface area contributed by atoms with E-state index in [4.69, 9.17) is 5.11 Å². The van der Waals surface area contributed by atoms with Crippen LogP contribution in [0.4, 0.5) is 4.79 Å². The molecule has 14 heavy (non-hydrogen) atoms. The Kier molecular flexibility index (Phi) is 4.00. The molecule has 0 unspecified atom stereocenters. The number of alkyl carbamates (subject to hydrolysis) is 1. The van der Waals surface area contributed by atoms with Gasteiger partial charge in [-0.25, -0.2) is 4.79 Å². The number of nitrogens with one attached hydrogen (secondary N) is 1. The number of rotatable bonds is 4. The Balaban J connectivity index is 2.23. The lowest BCUT2D eigenvalue weighted by atomic mass is 10.3. The third-order valence-electron chi connectivity index (χ3n) is 1.65. The van der Waals surface area contributed by atoms with Crippen molar-refractivity contribution in [3.8, 4) is 0 Å². The highest BCUT2D eigenvalue weighted by Crippen LogP contribution is 1.98. The summed E-state index contributed by atoms with van der Waals surface area (Å²) >= 11 is 0. The van der Waals surface area contributed by atoms with Crippen LogP contribution in [0.15, 0.2) is 18.5 Å². The average Bonchev–Trinajstić information content (AvgIpc) is 2.58. The van der Waals surface area contributed by atoms with Gasteiger partial charge in [-0.3, -0.25) is 0 Å². The van der Waals surface area contributed by atoms with Crippen molar-refractivity contribution in [2.75, 3.05) is 13.2 Å². The second kappa shape index (κ2) is 5.29. The van der Waals surface area contributed by atoms with Crippen LogP contribution in [-0.4, -0.2) is 29.0 Å². The molecule has 0 aliphatic heterocycles. The molecule has 0 fully saturated rings. The molecule has 1 heterocycles. The smallest absolute Gasteiger partial charge is 0.407 e. The summed E-state index contributed by atoms with van der Waals surface area (Å²) < 4.78 is 6.51. The Bertz CT molecular complexity index is 296. The van der Waals surface area contributed by atoms with Crippen molar-refractivity contribution < 1.29 is 14.6 Å². The van der Waals surface area contributed by atoms with Crippen molar-refractivity contribution in [1.82, 2.24) is 9.88 Å². The quantitative estimate of drug-likeness (QED) is 0.728. The van der Waals surface area contributed by atoms with Gasteiger partial charge in [0.15, 0.2) is 0 Å². The van der Waals surface area contributed by atoms with Gasteiger partial charge in [0.1, 0.15) is 6.61 Å². The monoisotopic (exact) mass is 198 g/mol. The predicted molar refractivity (Wildman–Crippen MR) is 50.7 cm³/mol. The summed E-state index contributed by atoms with van der Waals surface area (Å²) in [6, 6.07) is 1.91. The summed E-state index contributed by atoms with van der Waals surface area (Å²) in [6.45, 7) is 0.310. The van der Waals surface area contributed by atoms with Gasteiger partial charge in [-0.2, -0.15) is 0 Å². The number of carbonyl (C=O) groups excluding carboxylic acids is 1. The molecule has 1 aromatic heterocycles. The first kappa shape index (κ1) is 10.6. The Morgan fingerprint density at radius 2 is 2.50 bits per heavy atom. The molecule has 0 spiro atoms. The molecule has 78 valence electrons. The highest BCUT2D eigenvalue weighted by Gasteiger charge is 2.01. The van der Waals surface area contributed by atoms with E-state index in [9.17, 15) is 4.79 Å². The molecule has 0 atom stereocenters. The van der Waals surface area contributed by atoms with Crippen LogP contribution in [0.25, 0.3) is 0 Å². The zero-order chi connectivity index (χ0) is 10.4. The van der Waals surface area contributed by atoms with Crippen LogP contribution in [0.5, 0.6) is 0 Å². The molecule has 1 rings (SSSR count). The van der Waals surface area contributed by atoms with Crippen molar-refractivity contribution in [3.63, 3.8) is 0 Å². The standard InChI is InChI=1S/C9H14N2O3/c1-11-3-2-8(7-11)6-10-9(13)14-5-4-12/h2-3,7,12H,4-6H2,1H3,(H,10,13). The number of aliphatic hydroxyl groups excluding tert-OH is 1. The molecule has 2 N–H and O–H groups in total. The van der Waals surface area contributed by atoms with Crippen LogP contribution in [-0.2, 0) is 18.3 Å². The molecule has 1 amide bonds. The Hall–Kier alpha value is -1.49. The first-order valence-corrected chi connectivity index (χ1v) is 4.34. The Labute approximate surface area is 82.3 Å². The summed E-state index contributed by atoms with van der Waals surface area (Å²) in [5, 5.41) is 11.0. The van der Waals surface area contributed by atoms with E-state index in [1.807, 2.05) is 30.1 Å². The first-order valence-electron chi connectivity index (χ1n) is 4.34.